The van der Waals surface area contributed by atoms with E-state index in [4.69, 9.17) is 9.47 Å². The number of likely N-dealkylation sites (tertiary alicyclic amines) is 1. The Kier molecular flexibility index (Phi) is 6.02. The number of Topliss-reactive ketones (excluding diaryl/α,β-unsaturated/α-hetero) is 1. The molecule has 1 fully saturated rings. The molecule has 2 heterocycles. The Morgan fingerprint density at radius 3 is 2.50 bits per heavy atom. The van der Waals surface area contributed by atoms with Crippen LogP contribution in [0.4, 0.5) is 0 Å². The van der Waals surface area contributed by atoms with Gasteiger partial charge in [-0.2, -0.15) is 0 Å². The number of nitrogens with zero attached hydrogens (tertiary/aromatic N) is 1. The molecule has 2 aromatic rings. The molecule has 0 aliphatic carbocycles. The van der Waals surface area contributed by atoms with E-state index in [-0.39, 0.29) is 18.3 Å². The van der Waals surface area contributed by atoms with Crippen LogP contribution in [0.2, 0.25) is 0 Å². The van der Waals surface area contributed by atoms with Crippen molar-refractivity contribution in [2.24, 2.45) is 0 Å². The van der Waals surface area contributed by atoms with Crippen LogP contribution in [0.5, 0.6) is 11.5 Å². The molecule has 2 aliphatic rings. The van der Waals surface area contributed by atoms with Gasteiger partial charge in [0.15, 0.2) is 12.4 Å². The molecule has 0 bridgehead atoms. The zero-order chi connectivity index (χ0) is 23.0. The maximum atomic E-state index is 12.9. The van der Waals surface area contributed by atoms with Crippen molar-refractivity contribution in [1.82, 2.24) is 4.90 Å². The van der Waals surface area contributed by atoms with Crippen LogP contribution in [0.15, 0.2) is 30.3 Å². The molecule has 1 spiro atoms. The molecule has 5 heteroatoms. The minimum Gasteiger partial charge on any atom is -0.486 e. The maximum absolute atomic E-state index is 12.9. The highest BCUT2D eigenvalue weighted by molar-refractivity contribution is 6.01. The van der Waals surface area contributed by atoms with Gasteiger partial charge in [0.2, 0.25) is 0 Å². The molecular formula is C27H33NO4. The fraction of sp³-hybridized carbons (Fsp3) is 0.481. The molecule has 0 N–H and O–H groups in total. The lowest BCUT2D eigenvalue weighted by Crippen LogP contribution is -2.53. The number of aryl methyl sites for hydroxylation is 3. The number of rotatable bonds is 4. The lowest BCUT2D eigenvalue weighted by molar-refractivity contribution is -0.137. The lowest BCUT2D eigenvalue weighted by Gasteiger charge is -2.44. The van der Waals surface area contributed by atoms with Gasteiger partial charge >= 0.3 is 0 Å². The zero-order valence-corrected chi connectivity index (χ0v) is 19.8. The molecule has 4 rings (SSSR count). The molecule has 2 aliphatic heterocycles. The van der Waals surface area contributed by atoms with E-state index in [1.807, 2.05) is 37.8 Å². The van der Waals surface area contributed by atoms with Gasteiger partial charge in [-0.3, -0.25) is 9.59 Å². The van der Waals surface area contributed by atoms with Crippen molar-refractivity contribution in [2.45, 2.75) is 65.4 Å². The fourth-order valence-corrected chi connectivity index (χ4v) is 4.85. The normalized spacial score (nSPS) is 17.3. The highest BCUT2D eigenvalue weighted by Gasteiger charge is 2.44. The number of piperidine rings is 1. The second-order valence-electron chi connectivity index (χ2n) is 9.71. The summed E-state index contributed by atoms with van der Waals surface area (Å²) in [6.45, 7) is 11.4. The van der Waals surface area contributed by atoms with E-state index in [0.29, 0.717) is 43.8 Å². The van der Waals surface area contributed by atoms with Gasteiger partial charge in [0.1, 0.15) is 17.1 Å². The molecule has 170 valence electrons. The van der Waals surface area contributed by atoms with Gasteiger partial charge in [-0.1, -0.05) is 32.0 Å². The first-order valence-corrected chi connectivity index (χ1v) is 11.5. The number of carbonyl (C=O) groups excluding carboxylic acids is 2. The van der Waals surface area contributed by atoms with Crippen molar-refractivity contribution in [3.63, 3.8) is 0 Å². The van der Waals surface area contributed by atoms with Gasteiger partial charge < -0.3 is 14.4 Å². The summed E-state index contributed by atoms with van der Waals surface area (Å²) < 4.78 is 12.4. The van der Waals surface area contributed by atoms with Crippen molar-refractivity contribution in [1.29, 1.82) is 0 Å². The first-order valence-electron chi connectivity index (χ1n) is 11.5. The average Bonchev–Trinajstić information content (AvgIpc) is 2.73. The molecule has 1 amide bonds. The third-order valence-corrected chi connectivity index (χ3v) is 6.69. The van der Waals surface area contributed by atoms with Crippen molar-refractivity contribution >= 4 is 11.7 Å². The number of carbonyl (C=O) groups is 2. The fourth-order valence-electron chi connectivity index (χ4n) is 4.85. The Hall–Kier alpha value is -2.82. The van der Waals surface area contributed by atoms with Gasteiger partial charge in [0.05, 0.1) is 12.0 Å². The Morgan fingerprint density at radius 1 is 1.09 bits per heavy atom. The second-order valence-corrected chi connectivity index (χ2v) is 9.71. The zero-order valence-electron chi connectivity index (χ0n) is 19.8. The van der Waals surface area contributed by atoms with Crippen LogP contribution in [0.1, 0.15) is 71.6 Å². The van der Waals surface area contributed by atoms with Gasteiger partial charge in [-0.05, 0) is 61.1 Å². The van der Waals surface area contributed by atoms with E-state index in [2.05, 4.69) is 32.0 Å². The summed E-state index contributed by atoms with van der Waals surface area (Å²) in [6.07, 6.45) is 1.68. The summed E-state index contributed by atoms with van der Waals surface area (Å²) in [5.41, 5.74) is 4.48. The average molecular weight is 436 g/mol. The molecule has 0 unspecified atom stereocenters. The topological polar surface area (TPSA) is 55.8 Å². The molecular weight excluding hydrogens is 402 g/mol. The first-order chi connectivity index (χ1) is 15.2. The van der Waals surface area contributed by atoms with Crippen LogP contribution < -0.4 is 9.47 Å². The second kappa shape index (κ2) is 8.61. The molecule has 5 nitrogen and oxygen atoms in total. The molecule has 0 saturated carbocycles. The summed E-state index contributed by atoms with van der Waals surface area (Å²) in [5.74, 6) is 1.94. The highest BCUT2D eigenvalue weighted by atomic mass is 16.5. The van der Waals surface area contributed by atoms with Crippen LogP contribution in [0.3, 0.4) is 0 Å². The first kappa shape index (κ1) is 22.4. The Morgan fingerprint density at radius 2 is 1.81 bits per heavy atom. The summed E-state index contributed by atoms with van der Waals surface area (Å²) >= 11 is 0. The number of hydrogen-bond donors (Lipinski definition) is 0. The van der Waals surface area contributed by atoms with Crippen molar-refractivity contribution < 1.29 is 19.1 Å². The van der Waals surface area contributed by atoms with E-state index in [9.17, 15) is 9.59 Å². The Bertz CT molecular complexity index is 1050. The highest BCUT2D eigenvalue weighted by Crippen LogP contribution is 2.41. The molecule has 0 atom stereocenters. The van der Waals surface area contributed by atoms with Crippen molar-refractivity contribution in [3.8, 4) is 11.5 Å². The van der Waals surface area contributed by atoms with Gasteiger partial charge in [-0.25, -0.2) is 0 Å². The monoisotopic (exact) mass is 435 g/mol. The number of ether oxygens (including phenoxy) is 2. The molecule has 32 heavy (non-hydrogen) atoms. The number of fused-ring (bicyclic) bond motifs is 1. The maximum Gasteiger partial charge on any atom is 0.260 e. The van der Waals surface area contributed by atoms with Crippen molar-refractivity contribution in [3.05, 3.63) is 58.1 Å². The number of benzene rings is 2. The van der Waals surface area contributed by atoms with E-state index >= 15 is 0 Å². The van der Waals surface area contributed by atoms with Gasteiger partial charge in [0.25, 0.3) is 5.91 Å². The standard InChI is InChI=1S/C27H33NO4/c1-17(2)21-7-6-18(3)14-24(21)31-16-25(30)28-10-8-27(9-11-28)15-23(29)22-13-19(4)12-20(5)26(22)32-27/h6-7,12-14,17H,8-11,15-16H2,1-5H3. The van der Waals surface area contributed by atoms with Crippen LogP contribution in [0.25, 0.3) is 0 Å². The van der Waals surface area contributed by atoms with Crippen LogP contribution in [-0.2, 0) is 4.79 Å². The van der Waals surface area contributed by atoms with E-state index in [1.54, 1.807) is 0 Å². The Balaban J connectivity index is 1.39. The largest absolute Gasteiger partial charge is 0.486 e. The van der Waals surface area contributed by atoms with Gasteiger partial charge in [-0.15, -0.1) is 0 Å². The van der Waals surface area contributed by atoms with Gasteiger partial charge in [0, 0.05) is 25.9 Å². The van der Waals surface area contributed by atoms with E-state index in [1.165, 1.54) is 0 Å². The third kappa shape index (κ3) is 4.38. The predicted molar refractivity (Wildman–Crippen MR) is 125 cm³/mol. The summed E-state index contributed by atoms with van der Waals surface area (Å²) in [5, 5.41) is 0. The summed E-state index contributed by atoms with van der Waals surface area (Å²) in [7, 11) is 0. The molecule has 0 aromatic heterocycles. The van der Waals surface area contributed by atoms with Crippen LogP contribution >= 0.6 is 0 Å². The summed E-state index contributed by atoms with van der Waals surface area (Å²) in [6, 6.07) is 10.1. The Labute approximate surface area is 190 Å². The SMILES string of the molecule is Cc1ccc(C(C)C)c(OCC(=O)N2CCC3(CC2)CC(=O)c2cc(C)cc(C)c2O3)c1. The number of hydrogen-bond acceptors (Lipinski definition) is 4. The predicted octanol–water partition coefficient (Wildman–Crippen LogP) is 5.14. The lowest BCUT2D eigenvalue weighted by atomic mass is 9.81. The minimum atomic E-state index is -0.511. The van der Waals surface area contributed by atoms with Crippen LogP contribution in [0, 0.1) is 20.8 Å². The van der Waals surface area contributed by atoms with E-state index in [0.717, 1.165) is 33.8 Å². The minimum absolute atomic E-state index is 0.0228. The van der Waals surface area contributed by atoms with E-state index < -0.39 is 5.60 Å². The molecule has 2 aromatic carbocycles. The molecule has 1 saturated heterocycles. The smallest absolute Gasteiger partial charge is 0.260 e. The molecule has 0 radical (unpaired) electrons. The quantitative estimate of drug-likeness (QED) is 0.667. The summed E-state index contributed by atoms with van der Waals surface area (Å²) in [4.78, 5) is 27.6. The number of amides is 1. The van der Waals surface area contributed by atoms with Crippen molar-refractivity contribution in [2.75, 3.05) is 19.7 Å². The van der Waals surface area contributed by atoms with Crippen LogP contribution in [-0.4, -0.2) is 41.9 Å². The third-order valence-electron chi connectivity index (χ3n) is 6.69. The number of ketones is 1.